The van der Waals surface area contributed by atoms with Crippen molar-refractivity contribution in [2.45, 2.75) is 6.54 Å². The lowest BCUT2D eigenvalue weighted by Crippen LogP contribution is -2.10. The molecule has 0 amide bonds. The van der Waals surface area contributed by atoms with Crippen molar-refractivity contribution in [3.8, 4) is 5.75 Å². The second-order valence-corrected chi connectivity index (χ2v) is 5.44. The zero-order valence-electron chi connectivity index (χ0n) is 10.7. The first-order valence-electron chi connectivity index (χ1n) is 5.97. The van der Waals surface area contributed by atoms with Crippen LogP contribution >= 0.6 is 22.9 Å². The molecule has 0 aliphatic carbocycles. The first-order valence-corrected chi connectivity index (χ1v) is 7.16. The van der Waals surface area contributed by atoms with Crippen molar-refractivity contribution >= 4 is 38.3 Å². The van der Waals surface area contributed by atoms with Gasteiger partial charge < -0.3 is 10.1 Å². The second-order valence-electron chi connectivity index (χ2n) is 4.03. The molecule has 3 aromatic rings. The Hall–Kier alpha value is -1.86. The number of hydrogen-bond donors (Lipinski definition) is 1. The van der Waals surface area contributed by atoms with Crippen molar-refractivity contribution in [3.63, 3.8) is 0 Å². The zero-order chi connectivity index (χ0) is 13.9. The van der Waals surface area contributed by atoms with Gasteiger partial charge >= 0.3 is 0 Å². The van der Waals surface area contributed by atoms with E-state index in [1.54, 1.807) is 18.1 Å². The van der Waals surface area contributed by atoms with Gasteiger partial charge in [-0.25, -0.2) is 9.97 Å². The number of nitrogens with zero attached hydrogens (tertiary/aromatic N) is 4. The van der Waals surface area contributed by atoms with Gasteiger partial charge in [0.15, 0.2) is 5.13 Å². The van der Waals surface area contributed by atoms with Crippen LogP contribution in [-0.4, -0.2) is 33.4 Å². The Labute approximate surface area is 124 Å². The zero-order valence-corrected chi connectivity index (χ0v) is 12.3. The summed E-state index contributed by atoms with van der Waals surface area (Å²) in [7, 11) is 1.62. The lowest BCUT2D eigenvalue weighted by Gasteiger charge is -2.01. The Kier molecular flexibility index (Phi) is 3.70. The van der Waals surface area contributed by atoms with Crippen molar-refractivity contribution in [2.24, 2.45) is 0 Å². The third kappa shape index (κ3) is 2.54. The van der Waals surface area contributed by atoms with Crippen LogP contribution < -0.4 is 10.1 Å². The molecule has 0 bridgehead atoms. The predicted octanol–water partition coefficient (Wildman–Crippen LogP) is 2.66. The van der Waals surface area contributed by atoms with E-state index in [0.717, 1.165) is 27.6 Å². The minimum Gasteiger partial charge on any atom is -0.494 e. The second kappa shape index (κ2) is 5.64. The van der Waals surface area contributed by atoms with Crippen LogP contribution in [0.2, 0.25) is 5.02 Å². The van der Waals surface area contributed by atoms with Crippen LogP contribution in [0.5, 0.6) is 5.75 Å². The molecule has 20 heavy (non-hydrogen) atoms. The molecule has 0 atom stereocenters. The Morgan fingerprint density at radius 1 is 1.45 bits per heavy atom. The summed E-state index contributed by atoms with van der Waals surface area (Å²) in [5.41, 5.74) is 0.785. The van der Waals surface area contributed by atoms with Crippen molar-refractivity contribution in [1.82, 2.24) is 19.7 Å². The summed E-state index contributed by atoms with van der Waals surface area (Å²) in [6.45, 7) is 1.43. The highest BCUT2D eigenvalue weighted by atomic mass is 35.5. The van der Waals surface area contributed by atoms with Gasteiger partial charge in [0.25, 0.3) is 0 Å². The van der Waals surface area contributed by atoms with Crippen molar-refractivity contribution < 1.29 is 4.74 Å². The lowest BCUT2D eigenvalue weighted by atomic mass is 10.3. The van der Waals surface area contributed by atoms with Gasteiger partial charge in [0.1, 0.15) is 23.9 Å². The van der Waals surface area contributed by atoms with Crippen LogP contribution in [-0.2, 0) is 6.54 Å². The highest BCUT2D eigenvalue weighted by Crippen LogP contribution is 2.37. The molecule has 0 radical (unpaired) electrons. The van der Waals surface area contributed by atoms with Gasteiger partial charge in [0.2, 0.25) is 0 Å². The summed E-state index contributed by atoms with van der Waals surface area (Å²) in [5, 5.41) is 8.79. The van der Waals surface area contributed by atoms with E-state index >= 15 is 0 Å². The van der Waals surface area contributed by atoms with E-state index in [-0.39, 0.29) is 0 Å². The molecule has 1 N–H and O–H groups in total. The molecule has 0 saturated heterocycles. The number of nitrogens with one attached hydrogen (secondary N) is 1. The number of anilines is 1. The van der Waals surface area contributed by atoms with E-state index < -0.39 is 0 Å². The topological polar surface area (TPSA) is 64.9 Å². The number of aromatic nitrogens is 4. The molecule has 1 aromatic carbocycles. The first kappa shape index (κ1) is 13.1. The fraction of sp³-hybridized carbons (Fsp3) is 0.250. The molecule has 8 heteroatoms. The van der Waals surface area contributed by atoms with Gasteiger partial charge in [-0.15, -0.1) is 0 Å². The fourth-order valence-corrected chi connectivity index (χ4v) is 3.00. The van der Waals surface area contributed by atoms with Gasteiger partial charge in [0.05, 0.1) is 23.4 Å². The minimum absolute atomic E-state index is 0.683. The Morgan fingerprint density at radius 2 is 2.35 bits per heavy atom. The molecule has 3 rings (SSSR count). The van der Waals surface area contributed by atoms with E-state index in [0.29, 0.717) is 11.6 Å². The number of ether oxygens (including phenoxy) is 1. The van der Waals surface area contributed by atoms with Crippen LogP contribution in [0, 0.1) is 0 Å². The van der Waals surface area contributed by atoms with Gasteiger partial charge in [-0.1, -0.05) is 22.9 Å². The molecule has 2 heterocycles. The van der Waals surface area contributed by atoms with E-state index in [9.17, 15) is 0 Å². The number of thiazole rings is 1. The van der Waals surface area contributed by atoms with Gasteiger partial charge in [-0.2, -0.15) is 5.10 Å². The van der Waals surface area contributed by atoms with Gasteiger partial charge in [-0.3, -0.25) is 4.68 Å². The summed E-state index contributed by atoms with van der Waals surface area (Å²) < 4.78 is 7.98. The van der Waals surface area contributed by atoms with E-state index in [1.165, 1.54) is 17.7 Å². The van der Waals surface area contributed by atoms with Gasteiger partial charge in [0, 0.05) is 6.54 Å². The summed E-state index contributed by atoms with van der Waals surface area (Å²) in [5.74, 6) is 0.727. The summed E-state index contributed by atoms with van der Waals surface area (Å²) in [6.07, 6.45) is 3.20. The van der Waals surface area contributed by atoms with Crippen LogP contribution in [0.15, 0.2) is 24.8 Å². The van der Waals surface area contributed by atoms with E-state index in [4.69, 9.17) is 16.3 Å². The molecule has 104 valence electrons. The highest BCUT2D eigenvalue weighted by Gasteiger charge is 2.11. The smallest absolute Gasteiger partial charge is 0.184 e. The average molecular weight is 310 g/mol. The van der Waals surface area contributed by atoms with Gasteiger partial charge in [-0.05, 0) is 12.1 Å². The summed E-state index contributed by atoms with van der Waals surface area (Å²) in [6, 6.07) is 3.64. The SMILES string of the molecule is COc1ccc(Cl)c2sc(NCCn3cncn3)nc12. The Balaban J connectivity index is 1.77. The third-order valence-electron chi connectivity index (χ3n) is 2.76. The number of methoxy groups -OCH3 is 1. The Morgan fingerprint density at radius 3 is 3.10 bits per heavy atom. The molecule has 2 aromatic heterocycles. The molecular formula is C12H12ClN5OS. The molecule has 0 unspecified atom stereocenters. The maximum atomic E-state index is 6.18. The van der Waals surface area contributed by atoms with Crippen molar-refractivity contribution in [3.05, 3.63) is 29.8 Å². The molecule has 6 nitrogen and oxygen atoms in total. The lowest BCUT2D eigenvalue weighted by molar-refractivity contribution is 0.419. The van der Waals surface area contributed by atoms with Crippen molar-refractivity contribution in [1.29, 1.82) is 0 Å². The average Bonchev–Trinajstić information content (AvgIpc) is 3.09. The highest BCUT2D eigenvalue weighted by molar-refractivity contribution is 7.22. The summed E-state index contributed by atoms with van der Waals surface area (Å²) >= 11 is 7.69. The van der Waals surface area contributed by atoms with Crippen LogP contribution in [0.25, 0.3) is 10.2 Å². The van der Waals surface area contributed by atoms with E-state index in [1.807, 2.05) is 12.1 Å². The number of fused-ring (bicyclic) bond motifs is 1. The largest absolute Gasteiger partial charge is 0.494 e. The summed E-state index contributed by atoms with van der Waals surface area (Å²) in [4.78, 5) is 8.41. The maximum Gasteiger partial charge on any atom is 0.184 e. The Bertz CT molecular complexity index is 712. The normalized spacial score (nSPS) is 10.9. The van der Waals surface area contributed by atoms with Crippen LogP contribution in [0.3, 0.4) is 0 Å². The van der Waals surface area contributed by atoms with E-state index in [2.05, 4.69) is 20.4 Å². The molecule has 0 aliphatic heterocycles. The molecular weight excluding hydrogens is 298 g/mol. The third-order valence-corrected chi connectivity index (χ3v) is 4.24. The fourth-order valence-electron chi connectivity index (χ4n) is 1.82. The number of hydrogen-bond acceptors (Lipinski definition) is 6. The number of benzene rings is 1. The monoisotopic (exact) mass is 309 g/mol. The minimum atomic E-state index is 0.683. The van der Waals surface area contributed by atoms with Crippen LogP contribution in [0.1, 0.15) is 0 Å². The number of halogens is 1. The van der Waals surface area contributed by atoms with Crippen molar-refractivity contribution in [2.75, 3.05) is 19.0 Å². The molecule has 0 spiro atoms. The molecule has 0 fully saturated rings. The molecule has 0 saturated carbocycles. The number of rotatable bonds is 5. The molecule has 0 aliphatic rings. The van der Waals surface area contributed by atoms with Crippen LogP contribution in [0.4, 0.5) is 5.13 Å². The standard InChI is InChI=1S/C12H12ClN5OS/c1-19-9-3-2-8(13)11-10(9)17-12(20-11)15-4-5-18-7-14-6-16-18/h2-3,6-7H,4-5H2,1H3,(H,15,17). The maximum absolute atomic E-state index is 6.18. The quantitative estimate of drug-likeness (QED) is 0.785. The predicted molar refractivity (Wildman–Crippen MR) is 79.7 cm³/mol. The first-order chi connectivity index (χ1) is 9.78.